The molecule has 0 bridgehead atoms. The zero-order valence-electron chi connectivity index (χ0n) is 12.8. The van der Waals surface area contributed by atoms with Gasteiger partial charge in [-0.05, 0) is 36.1 Å². The summed E-state index contributed by atoms with van der Waals surface area (Å²) in [4.78, 5) is 2.66. The molecule has 1 fully saturated rings. The number of hydrogen-bond acceptors (Lipinski definition) is 3. The van der Waals surface area contributed by atoms with Crippen LogP contribution < -0.4 is 5.73 Å². The average molecular weight is 292 g/mol. The SMILES string of the molecule is CC1(C)CCSCC1N(CCCN)Cc1ccccc1. The van der Waals surface area contributed by atoms with E-state index in [4.69, 9.17) is 5.73 Å². The lowest BCUT2D eigenvalue weighted by Crippen LogP contribution is -2.49. The predicted molar refractivity (Wildman–Crippen MR) is 90.0 cm³/mol. The Balaban J connectivity index is 2.09. The van der Waals surface area contributed by atoms with Gasteiger partial charge >= 0.3 is 0 Å². The molecule has 0 aromatic heterocycles. The van der Waals surface area contributed by atoms with Gasteiger partial charge in [0, 0.05) is 24.9 Å². The summed E-state index contributed by atoms with van der Waals surface area (Å²) in [5.41, 5.74) is 7.56. The molecule has 0 saturated carbocycles. The van der Waals surface area contributed by atoms with Crippen molar-refractivity contribution >= 4 is 11.8 Å². The summed E-state index contributed by atoms with van der Waals surface area (Å²) in [6.45, 7) is 7.80. The molecule has 1 aliphatic rings. The molecule has 1 aromatic carbocycles. The lowest BCUT2D eigenvalue weighted by atomic mass is 9.81. The van der Waals surface area contributed by atoms with E-state index in [0.29, 0.717) is 11.5 Å². The van der Waals surface area contributed by atoms with Gasteiger partial charge in [-0.15, -0.1) is 0 Å². The van der Waals surface area contributed by atoms with Crippen molar-refractivity contribution < 1.29 is 0 Å². The Morgan fingerprint density at radius 1 is 1.30 bits per heavy atom. The van der Waals surface area contributed by atoms with Crippen LogP contribution >= 0.6 is 11.8 Å². The van der Waals surface area contributed by atoms with Crippen LogP contribution in [0.25, 0.3) is 0 Å². The molecule has 2 N–H and O–H groups in total. The number of rotatable bonds is 6. The van der Waals surface area contributed by atoms with Crippen molar-refractivity contribution in [2.45, 2.75) is 39.3 Å². The number of thioether (sulfide) groups is 1. The number of hydrogen-bond donors (Lipinski definition) is 1. The summed E-state index contributed by atoms with van der Waals surface area (Å²) in [7, 11) is 0. The van der Waals surface area contributed by atoms with Crippen LogP contribution in [0.2, 0.25) is 0 Å². The van der Waals surface area contributed by atoms with E-state index in [2.05, 4.69) is 60.8 Å². The minimum absolute atomic E-state index is 0.411. The number of nitrogens with two attached hydrogens (primary N) is 1. The highest BCUT2D eigenvalue weighted by Crippen LogP contribution is 2.37. The Bertz CT molecular complexity index is 391. The lowest BCUT2D eigenvalue weighted by molar-refractivity contribution is 0.0896. The van der Waals surface area contributed by atoms with E-state index in [9.17, 15) is 0 Å². The molecule has 0 aliphatic carbocycles. The molecular formula is C17H28N2S. The normalized spacial score (nSPS) is 22.1. The first-order valence-corrected chi connectivity index (χ1v) is 8.85. The average Bonchev–Trinajstić information content (AvgIpc) is 2.44. The van der Waals surface area contributed by atoms with Crippen molar-refractivity contribution in [1.82, 2.24) is 4.90 Å². The van der Waals surface area contributed by atoms with Crippen LogP contribution in [0.15, 0.2) is 30.3 Å². The van der Waals surface area contributed by atoms with Crippen LogP contribution in [-0.2, 0) is 6.54 Å². The van der Waals surface area contributed by atoms with Gasteiger partial charge in [0.1, 0.15) is 0 Å². The van der Waals surface area contributed by atoms with E-state index in [-0.39, 0.29) is 0 Å². The molecule has 3 heteroatoms. The first-order chi connectivity index (χ1) is 9.63. The molecular weight excluding hydrogens is 264 g/mol. The second-order valence-electron chi connectivity index (χ2n) is 6.43. The van der Waals surface area contributed by atoms with Crippen LogP contribution in [0.1, 0.15) is 32.3 Å². The van der Waals surface area contributed by atoms with Crippen LogP contribution in [0.4, 0.5) is 0 Å². The Kier molecular flexibility index (Phi) is 5.94. The van der Waals surface area contributed by atoms with Crippen molar-refractivity contribution in [2.75, 3.05) is 24.6 Å². The maximum Gasteiger partial charge on any atom is 0.0241 e. The number of benzene rings is 1. The fraction of sp³-hybridized carbons (Fsp3) is 0.647. The summed E-state index contributed by atoms with van der Waals surface area (Å²) in [5.74, 6) is 2.56. The second-order valence-corrected chi connectivity index (χ2v) is 7.58. The summed E-state index contributed by atoms with van der Waals surface area (Å²) >= 11 is 2.10. The Hall–Kier alpha value is -0.510. The topological polar surface area (TPSA) is 29.3 Å². The third kappa shape index (κ3) is 4.24. The molecule has 0 amide bonds. The van der Waals surface area contributed by atoms with Gasteiger partial charge < -0.3 is 5.73 Å². The van der Waals surface area contributed by atoms with Gasteiger partial charge in [0.15, 0.2) is 0 Å². The summed E-state index contributed by atoms with van der Waals surface area (Å²) in [6, 6.07) is 11.5. The van der Waals surface area contributed by atoms with Crippen LogP contribution in [0, 0.1) is 5.41 Å². The molecule has 0 spiro atoms. The Labute approximate surface area is 128 Å². The van der Waals surface area contributed by atoms with Gasteiger partial charge in [-0.25, -0.2) is 0 Å². The van der Waals surface area contributed by atoms with Crippen molar-refractivity contribution in [3.05, 3.63) is 35.9 Å². The van der Waals surface area contributed by atoms with Gasteiger partial charge in [-0.1, -0.05) is 44.2 Å². The zero-order chi connectivity index (χ0) is 14.4. The molecule has 1 unspecified atom stereocenters. The predicted octanol–water partition coefficient (Wildman–Crippen LogP) is 3.37. The van der Waals surface area contributed by atoms with Crippen molar-refractivity contribution in [1.29, 1.82) is 0 Å². The van der Waals surface area contributed by atoms with Crippen LogP contribution in [0.5, 0.6) is 0 Å². The summed E-state index contributed by atoms with van der Waals surface area (Å²) in [6.07, 6.45) is 2.40. The first kappa shape index (κ1) is 15.9. The van der Waals surface area contributed by atoms with E-state index in [1.54, 1.807) is 0 Å². The number of nitrogens with zero attached hydrogens (tertiary/aromatic N) is 1. The summed E-state index contributed by atoms with van der Waals surface area (Å²) in [5, 5.41) is 0. The van der Waals surface area contributed by atoms with Gasteiger partial charge in [-0.2, -0.15) is 11.8 Å². The third-order valence-corrected chi connectivity index (χ3v) is 5.43. The maximum absolute atomic E-state index is 5.74. The van der Waals surface area contributed by atoms with E-state index in [1.807, 2.05) is 0 Å². The molecule has 2 rings (SSSR count). The van der Waals surface area contributed by atoms with Crippen LogP contribution in [-0.4, -0.2) is 35.5 Å². The Morgan fingerprint density at radius 2 is 2.05 bits per heavy atom. The van der Waals surface area contributed by atoms with Crippen LogP contribution in [0.3, 0.4) is 0 Å². The van der Waals surface area contributed by atoms with E-state index in [0.717, 1.165) is 26.1 Å². The molecule has 20 heavy (non-hydrogen) atoms. The largest absolute Gasteiger partial charge is 0.330 e. The molecule has 0 radical (unpaired) electrons. The smallest absolute Gasteiger partial charge is 0.0241 e. The molecule has 2 nitrogen and oxygen atoms in total. The molecule has 112 valence electrons. The quantitative estimate of drug-likeness (QED) is 0.871. The molecule has 1 aliphatic heterocycles. The maximum atomic E-state index is 5.74. The van der Waals surface area contributed by atoms with Gasteiger partial charge in [-0.3, -0.25) is 4.90 Å². The standard InChI is InChI=1S/C17H28N2S/c1-17(2)9-12-20-14-16(17)19(11-6-10-18)13-15-7-4-3-5-8-15/h3-5,7-8,16H,6,9-14,18H2,1-2H3. The van der Waals surface area contributed by atoms with E-state index < -0.39 is 0 Å². The lowest BCUT2D eigenvalue weighted by Gasteiger charge is -2.45. The minimum atomic E-state index is 0.411. The van der Waals surface area contributed by atoms with E-state index in [1.165, 1.54) is 23.5 Å². The third-order valence-electron chi connectivity index (χ3n) is 4.39. The van der Waals surface area contributed by atoms with Gasteiger partial charge in [0.25, 0.3) is 0 Å². The molecule has 1 heterocycles. The minimum Gasteiger partial charge on any atom is -0.330 e. The molecule has 1 atom stereocenters. The van der Waals surface area contributed by atoms with E-state index >= 15 is 0 Å². The second kappa shape index (κ2) is 7.48. The van der Waals surface area contributed by atoms with Gasteiger partial charge in [0.2, 0.25) is 0 Å². The fourth-order valence-electron chi connectivity index (χ4n) is 2.98. The summed E-state index contributed by atoms with van der Waals surface area (Å²) < 4.78 is 0. The van der Waals surface area contributed by atoms with Gasteiger partial charge in [0.05, 0.1) is 0 Å². The highest BCUT2D eigenvalue weighted by molar-refractivity contribution is 7.99. The highest BCUT2D eigenvalue weighted by Gasteiger charge is 2.36. The molecule has 1 saturated heterocycles. The van der Waals surface area contributed by atoms with Crippen molar-refractivity contribution in [3.63, 3.8) is 0 Å². The van der Waals surface area contributed by atoms with Crippen molar-refractivity contribution in [2.24, 2.45) is 11.1 Å². The first-order valence-electron chi connectivity index (χ1n) is 7.69. The molecule has 1 aromatic rings. The van der Waals surface area contributed by atoms with Crippen molar-refractivity contribution in [3.8, 4) is 0 Å². The fourth-order valence-corrected chi connectivity index (χ4v) is 4.70. The Morgan fingerprint density at radius 3 is 2.70 bits per heavy atom. The zero-order valence-corrected chi connectivity index (χ0v) is 13.7. The monoisotopic (exact) mass is 292 g/mol. The highest BCUT2D eigenvalue weighted by atomic mass is 32.2.